The van der Waals surface area contributed by atoms with Crippen LogP contribution in [0.15, 0.2) is 6.07 Å². The maximum atomic E-state index is 12.3. The lowest BCUT2D eigenvalue weighted by Gasteiger charge is -2.11. The predicted molar refractivity (Wildman–Crippen MR) is 51.9 cm³/mol. The van der Waals surface area contributed by atoms with Gasteiger partial charge in [0.1, 0.15) is 15.0 Å². The molecule has 0 bridgehead atoms. The summed E-state index contributed by atoms with van der Waals surface area (Å²) in [6.07, 6.45) is -7.64. The van der Waals surface area contributed by atoms with E-state index >= 15 is 0 Å². The third kappa shape index (κ3) is 2.90. The Kier molecular flexibility index (Phi) is 3.75. The highest BCUT2D eigenvalue weighted by atomic mass is 127. The molecular formula is C7H2ClF5IN. The van der Waals surface area contributed by atoms with Crippen LogP contribution in [0.3, 0.4) is 0 Å². The molecule has 8 heteroatoms. The Bertz CT molecular complexity index is 355. The molecule has 84 valence electrons. The average molecular weight is 357 g/mol. The molecule has 0 fully saturated rings. The number of aromatic nitrogens is 1. The van der Waals surface area contributed by atoms with E-state index in [1.807, 2.05) is 0 Å². The van der Waals surface area contributed by atoms with E-state index in [9.17, 15) is 22.0 Å². The topological polar surface area (TPSA) is 12.9 Å². The lowest BCUT2D eigenvalue weighted by atomic mass is 10.2. The average Bonchev–Trinajstić information content (AvgIpc) is 1.99. The summed E-state index contributed by atoms with van der Waals surface area (Å²) in [7, 11) is 0. The summed E-state index contributed by atoms with van der Waals surface area (Å²) in [5.41, 5.74) is -1.95. The second kappa shape index (κ2) is 4.36. The second-order valence-electron chi connectivity index (χ2n) is 2.49. The molecule has 0 aliphatic carbocycles. The van der Waals surface area contributed by atoms with Crippen molar-refractivity contribution in [1.82, 2.24) is 4.98 Å². The number of hydrogen-bond acceptors (Lipinski definition) is 1. The summed E-state index contributed by atoms with van der Waals surface area (Å²) in [6, 6.07) is 0.525. The molecule has 0 saturated carbocycles. The van der Waals surface area contributed by atoms with Gasteiger partial charge in [-0.3, -0.25) is 0 Å². The molecule has 1 nitrogen and oxygen atoms in total. The Balaban J connectivity index is 3.34. The molecule has 0 atom stereocenters. The van der Waals surface area contributed by atoms with Crippen LogP contribution in [0.1, 0.15) is 17.7 Å². The maximum absolute atomic E-state index is 12.3. The number of rotatable bonds is 1. The van der Waals surface area contributed by atoms with Crippen molar-refractivity contribution in [2.24, 2.45) is 0 Å². The van der Waals surface area contributed by atoms with Crippen LogP contribution < -0.4 is 0 Å². The number of pyridine rings is 1. The Morgan fingerprint density at radius 3 is 2.20 bits per heavy atom. The lowest BCUT2D eigenvalue weighted by Crippen LogP contribution is -2.11. The number of hydrogen-bond donors (Lipinski definition) is 0. The van der Waals surface area contributed by atoms with Crippen molar-refractivity contribution < 1.29 is 22.0 Å². The highest BCUT2D eigenvalue weighted by Crippen LogP contribution is 2.38. The van der Waals surface area contributed by atoms with Crippen molar-refractivity contribution in [3.63, 3.8) is 0 Å². The molecule has 0 unspecified atom stereocenters. The van der Waals surface area contributed by atoms with E-state index in [1.165, 1.54) is 22.6 Å². The second-order valence-corrected chi connectivity index (χ2v) is 3.92. The van der Waals surface area contributed by atoms with Crippen LogP contribution in [0.2, 0.25) is 5.02 Å². The molecule has 0 spiro atoms. The number of alkyl halides is 5. The zero-order valence-electron chi connectivity index (χ0n) is 6.75. The van der Waals surface area contributed by atoms with E-state index in [-0.39, 0.29) is 0 Å². The Hall–Kier alpha value is -0.180. The minimum absolute atomic E-state index is 0.525. The van der Waals surface area contributed by atoms with Crippen molar-refractivity contribution in [1.29, 1.82) is 0 Å². The van der Waals surface area contributed by atoms with Gasteiger partial charge in [0, 0.05) is 0 Å². The molecule has 0 N–H and O–H groups in total. The van der Waals surface area contributed by atoms with Crippen LogP contribution in [0, 0.1) is 3.70 Å². The van der Waals surface area contributed by atoms with Crippen molar-refractivity contribution in [3.8, 4) is 0 Å². The van der Waals surface area contributed by atoms with E-state index in [0.29, 0.717) is 6.07 Å². The molecular weight excluding hydrogens is 355 g/mol. The first-order chi connectivity index (χ1) is 6.73. The summed E-state index contributed by atoms with van der Waals surface area (Å²) in [5.74, 6) is 0. The zero-order valence-corrected chi connectivity index (χ0v) is 9.66. The Morgan fingerprint density at radius 2 is 1.87 bits per heavy atom. The van der Waals surface area contributed by atoms with Crippen molar-refractivity contribution in [3.05, 3.63) is 26.0 Å². The van der Waals surface area contributed by atoms with Crippen LogP contribution in [0.25, 0.3) is 0 Å². The zero-order chi connectivity index (χ0) is 11.8. The molecule has 0 aromatic carbocycles. The van der Waals surface area contributed by atoms with E-state index in [2.05, 4.69) is 4.98 Å². The number of nitrogens with zero attached hydrogens (tertiary/aromatic N) is 1. The monoisotopic (exact) mass is 357 g/mol. The van der Waals surface area contributed by atoms with Crippen molar-refractivity contribution in [2.75, 3.05) is 0 Å². The van der Waals surface area contributed by atoms with Gasteiger partial charge in [-0.25, -0.2) is 13.8 Å². The largest absolute Gasteiger partial charge is 0.420 e. The Labute approximate surface area is 99.8 Å². The first kappa shape index (κ1) is 12.9. The SMILES string of the molecule is FC(F)c1cc(Cl)c(C(F)(F)F)c(I)n1. The standard InChI is InChI=1S/C7H2ClF5IN/c8-2-1-3(5(9)10)15-6(14)4(2)7(11,12)13/h1,5H. The molecule has 0 amide bonds. The molecule has 15 heavy (non-hydrogen) atoms. The summed E-state index contributed by atoms with van der Waals surface area (Å²) in [6.45, 7) is 0. The van der Waals surface area contributed by atoms with Gasteiger partial charge in [-0.15, -0.1) is 0 Å². The fourth-order valence-electron chi connectivity index (χ4n) is 0.866. The van der Waals surface area contributed by atoms with Crippen molar-refractivity contribution >= 4 is 34.2 Å². The van der Waals surface area contributed by atoms with Crippen LogP contribution in [0.4, 0.5) is 22.0 Å². The molecule has 0 saturated heterocycles. The van der Waals surface area contributed by atoms with E-state index in [4.69, 9.17) is 11.6 Å². The molecule has 0 radical (unpaired) electrons. The van der Waals surface area contributed by atoms with Gasteiger partial charge in [-0.2, -0.15) is 13.2 Å². The molecule has 1 heterocycles. The molecule has 1 rings (SSSR count). The van der Waals surface area contributed by atoms with Crippen LogP contribution in [-0.4, -0.2) is 4.98 Å². The molecule has 0 aliphatic rings. The summed E-state index contributed by atoms with van der Waals surface area (Å²) in [5, 5.41) is -0.766. The highest BCUT2D eigenvalue weighted by molar-refractivity contribution is 14.1. The quantitative estimate of drug-likeness (QED) is 0.415. The minimum Gasteiger partial charge on any atom is -0.240 e. The minimum atomic E-state index is -4.69. The van der Waals surface area contributed by atoms with E-state index < -0.39 is 32.6 Å². The van der Waals surface area contributed by atoms with Gasteiger partial charge in [0.05, 0.1) is 5.02 Å². The summed E-state index contributed by atoms with van der Waals surface area (Å²) < 4.78 is 60.7. The van der Waals surface area contributed by atoms with Gasteiger partial charge in [-0.05, 0) is 28.7 Å². The molecule has 1 aromatic rings. The van der Waals surface area contributed by atoms with Gasteiger partial charge in [-0.1, -0.05) is 11.6 Å². The summed E-state index contributed by atoms with van der Waals surface area (Å²) >= 11 is 6.49. The Morgan fingerprint density at radius 1 is 1.33 bits per heavy atom. The van der Waals surface area contributed by atoms with Crippen LogP contribution in [0.5, 0.6) is 0 Å². The third-order valence-electron chi connectivity index (χ3n) is 1.45. The maximum Gasteiger partial charge on any atom is 0.420 e. The highest BCUT2D eigenvalue weighted by Gasteiger charge is 2.37. The van der Waals surface area contributed by atoms with Crippen LogP contribution in [-0.2, 0) is 6.18 Å². The van der Waals surface area contributed by atoms with Gasteiger partial charge < -0.3 is 0 Å². The smallest absolute Gasteiger partial charge is 0.240 e. The third-order valence-corrected chi connectivity index (χ3v) is 2.53. The van der Waals surface area contributed by atoms with Gasteiger partial charge in [0.2, 0.25) is 0 Å². The molecule has 0 aliphatic heterocycles. The van der Waals surface area contributed by atoms with Gasteiger partial charge in [0.25, 0.3) is 6.43 Å². The van der Waals surface area contributed by atoms with E-state index in [1.54, 1.807) is 0 Å². The predicted octanol–water partition coefficient (Wildman–Crippen LogP) is 4.30. The van der Waals surface area contributed by atoms with Gasteiger partial charge in [0.15, 0.2) is 0 Å². The first-order valence-electron chi connectivity index (χ1n) is 3.44. The fourth-order valence-corrected chi connectivity index (χ4v) is 2.21. The summed E-state index contributed by atoms with van der Waals surface area (Å²) in [4.78, 5) is 3.13. The van der Waals surface area contributed by atoms with Crippen LogP contribution >= 0.6 is 34.2 Å². The number of halogens is 7. The first-order valence-corrected chi connectivity index (χ1v) is 4.90. The normalized spacial score (nSPS) is 12.3. The lowest BCUT2D eigenvalue weighted by molar-refractivity contribution is -0.138. The van der Waals surface area contributed by atoms with E-state index in [0.717, 1.165) is 0 Å². The van der Waals surface area contributed by atoms with Crippen molar-refractivity contribution in [2.45, 2.75) is 12.6 Å². The molecule has 1 aromatic heterocycles. The fraction of sp³-hybridized carbons (Fsp3) is 0.286. The van der Waals surface area contributed by atoms with Gasteiger partial charge >= 0.3 is 6.18 Å².